The fourth-order valence-corrected chi connectivity index (χ4v) is 4.47. The molecule has 0 N–H and O–H groups in total. The SMILES string of the molecule is CCOc1ccccc1-c1nc(CC(=O)N2c3ccccc3CC2C)cs1. The standard InChI is InChI=1S/C22H22N2O2S/c1-3-26-20-11-7-5-9-18(20)22-23-17(14-27-22)13-21(25)24-15(2)12-16-8-4-6-10-19(16)24/h4-11,14-15H,3,12-13H2,1-2H3. The molecule has 1 atom stereocenters. The number of fused-ring (bicyclic) bond motifs is 1. The van der Waals surface area contributed by atoms with Gasteiger partial charge in [-0.05, 0) is 44.0 Å². The predicted molar refractivity (Wildman–Crippen MR) is 110 cm³/mol. The zero-order chi connectivity index (χ0) is 18.8. The van der Waals surface area contributed by atoms with Gasteiger partial charge in [-0.3, -0.25) is 4.79 Å². The molecule has 0 saturated heterocycles. The minimum absolute atomic E-state index is 0.0994. The molecule has 27 heavy (non-hydrogen) atoms. The van der Waals surface area contributed by atoms with Gasteiger partial charge in [0.25, 0.3) is 0 Å². The molecular weight excluding hydrogens is 356 g/mol. The van der Waals surface area contributed by atoms with Crippen LogP contribution in [0.25, 0.3) is 10.6 Å². The van der Waals surface area contributed by atoms with Gasteiger partial charge in [0.15, 0.2) is 0 Å². The Labute approximate surface area is 163 Å². The Kier molecular flexibility index (Phi) is 4.94. The third kappa shape index (κ3) is 3.47. The molecule has 3 aromatic rings. The second kappa shape index (κ2) is 7.53. The Morgan fingerprint density at radius 2 is 2.00 bits per heavy atom. The Hall–Kier alpha value is -2.66. The van der Waals surface area contributed by atoms with Crippen LogP contribution in [-0.4, -0.2) is 23.5 Å². The van der Waals surface area contributed by atoms with Crippen LogP contribution in [-0.2, 0) is 17.6 Å². The minimum atomic E-state index is 0.0994. The molecule has 0 fully saturated rings. The van der Waals surface area contributed by atoms with Gasteiger partial charge in [-0.15, -0.1) is 11.3 Å². The van der Waals surface area contributed by atoms with Crippen LogP contribution in [0.1, 0.15) is 25.1 Å². The molecular formula is C22H22N2O2S. The van der Waals surface area contributed by atoms with E-state index in [0.29, 0.717) is 13.0 Å². The second-order valence-corrected chi connectivity index (χ2v) is 7.55. The van der Waals surface area contributed by atoms with Crippen molar-refractivity contribution in [2.24, 2.45) is 0 Å². The third-order valence-corrected chi connectivity index (χ3v) is 5.70. The van der Waals surface area contributed by atoms with Crippen molar-refractivity contribution in [3.8, 4) is 16.3 Å². The van der Waals surface area contributed by atoms with E-state index in [-0.39, 0.29) is 11.9 Å². The molecule has 0 spiro atoms. The molecule has 1 aliphatic rings. The van der Waals surface area contributed by atoms with Crippen molar-refractivity contribution in [2.75, 3.05) is 11.5 Å². The van der Waals surface area contributed by atoms with Crippen molar-refractivity contribution < 1.29 is 9.53 Å². The van der Waals surface area contributed by atoms with Crippen LogP contribution in [0, 0.1) is 0 Å². The number of carbonyl (C=O) groups is 1. The summed E-state index contributed by atoms with van der Waals surface area (Å²) in [4.78, 5) is 19.6. The maximum Gasteiger partial charge on any atom is 0.233 e. The maximum absolute atomic E-state index is 13.0. The third-order valence-electron chi connectivity index (χ3n) is 4.78. The normalized spacial score (nSPS) is 15.6. The Morgan fingerprint density at radius 1 is 1.22 bits per heavy atom. The summed E-state index contributed by atoms with van der Waals surface area (Å²) in [5.74, 6) is 0.928. The number of benzene rings is 2. The number of hydrogen-bond acceptors (Lipinski definition) is 4. The van der Waals surface area contributed by atoms with Crippen LogP contribution >= 0.6 is 11.3 Å². The van der Waals surface area contributed by atoms with Gasteiger partial charge < -0.3 is 9.64 Å². The minimum Gasteiger partial charge on any atom is -0.493 e. The van der Waals surface area contributed by atoms with E-state index in [1.807, 2.05) is 59.7 Å². The zero-order valence-electron chi connectivity index (χ0n) is 15.5. The van der Waals surface area contributed by atoms with Crippen molar-refractivity contribution in [2.45, 2.75) is 32.7 Å². The molecule has 0 saturated carbocycles. The second-order valence-electron chi connectivity index (χ2n) is 6.70. The fourth-order valence-electron chi connectivity index (χ4n) is 3.62. The van der Waals surface area contributed by atoms with Crippen LogP contribution in [0.2, 0.25) is 0 Å². The Morgan fingerprint density at radius 3 is 2.85 bits per heavy atom. The van der Waals surface area contributed by atoms with Crippen molar-refractivity contribution in [1.82, 2.24) is 4.98 Å². The van der Waals surface area contributed by atoms with Crippen molar-refractivity contribution in [3.05, 3.63) is 65.2 Å². The van der Waals surface area contributed by atoms with Crippen LogP contribution in [0.4, 0.5) is 5.69 Å². The molecule has 2 heterocycles. The summed E-state index contributed by atoms with van der Waals surface area (Å²) >= 11 is 1.55. The van der Waals surface area contributed by atoms with E-state index in [0.717, 1.165) is 34.1 Å². The summed E-state index contributed by atoms with van der Waals surface area (Å²) in [7, 11) is 0. The lowest BCUT2D eigenvalue weighted by atomic mass is 10.1. The Bertz CT molecular complexity index is 966. The van der Waals surface area contributed by atoms with Gasteiger partial charge >= 0.3 is 0 Å². The summed E-state index contributed by atoms with van der Waals surface area (Å²) in [6.07, 6.45) is 1.22. The topological polar surface area (TPSA) is 42.4 Å². The number of rotatable bonds is 5. The maximum atomic E-state index is 13.0. The predicted octanol–water partition coefficient (Wildman–Crippen LogP) is 4.73. The van der Waals surface area contributed by atoms with Gasteiger partial charge in [0, 0.05) is 17.1 Å². The first-order valence-corrected chi connectivity index (χ1v) is 10.1. The molecule has 1 aromatic heterocycles. The fraction of sp³-hybridized carbons (Fsp3) is 0.273. The highest BCUT2D eigenvalue weighted by Gasteiger charge is 2.30. The number of amides is 1. The lowest BCUT2D eigenvalue weighted by Gasteiger charge is -2.22. The Balaban J connectivity index is 1.54. The molecule has 138 valence electrons. The molecule has 0 bridgehead atoms. The number of ether oxygens (including phenoxy) is 1. The largest absolute Gasteiger partial charge is 0.493 e. The van der Waals surface area contributed by atoms with Gasteiger partial charge in [0.05, 0.1) is 24.3 Å². The van der Waals surface area contributed by atoms with Gasteiger partial charge in [0.1, 0.15) is 10.8 Å². The lowest BCUT2D eigenvalue weighted by Crippen LogP contribution is -2.36. The molecule has 4 rings (SSSR count). The van der Waals surface area contributed by atoms with E-state index in [1.165, 1.54) is 5.56 Å². The summed E-state index contributed by atoms with van der Waals surface area (Å²) in [6.45, 7) is 4.68. The molecule has 0 aliphatic carbocycles. The highest BCUT2D eigenvalue weighted by atomic mass is 32.1. The summed E-state index contributed by atoms with van der Waals surface area (Å²) < 4.78 is 5.71. The molecule has 1 amide bonds. The highest BCUT2D eigenvalue weighted by molar-refractivity contribution is 7.13. The van der Waals surface area contributed by atoms with Gasteiger partial charge in [-0.2, -0.15) is 0 Å². The quantitative estimate of drug-likeness (QED) is 0.645. The number of para-hydroxylation sites is 2. The number of anilines is 1. The highest BCUT2D eigenvalue weighted by Crippen LogP contribution is 2.34. The average Bonchev–Trinajstić information content (AvgIpc) is 3.25. The molecule has 1 aliphatic heterocycles. The summed E-state index contributed by atoms with van der Waals surface area (Å²) in [6, 6.07) is 16.2. The van der Waals surface area contributed by atoms with Crippen molar-refractivity contribution in [1.29, 1.82) is 0 Å². The molecule has 0 radical (unpaired) electrons. The number of aromatic nitrogens is 1. The summed E-state index contributed by atoms with van der Waals surface area (Å²) in [5.41, 5.74) is 4.06. The average molecular weight is 378 g/mol. The van der Waals surface area contributed by atoms with Gasteiger partial charge in [0.2, 0.25) is 5.91 Å². The molecule has 2 aromatic carbocycles. The van der Waals surface area contributed by atoms with E-state index in [4.69, 9.17) is 9.72 Å². The van der Waals surface area contributed by atoms with E-state index < -0.39 is 0 Å². The number of nitrogens with zero attached hydrogens (tertiary/aromatic N) is 2. The zero-order valence-corrected chi connectivity index (χ0v) is 16.3. The first kappa shape index (κ1) is 17.7. The van der Waals surface area contributed by atoms with Crippen molar-refractivity contribution >= 4 is 22.9 Å². The number of thiazole rings is 1. The van der Waals surface area contributed by atoms with Gasteiger partial charge in [-0.25, -0.2) is 4.98 Å². The smallest absolute Gasteiger partial charge is 0.233 e. The van der Waals surface area contributed by atoms with E-state index in [9.17, 15) is 4.79 Å². The first-order chi connectivity index (χ1) is 13.2. The van der Waals surface area contributed by atoms with E-state index in [2.05, 4.69) is 13.0 Å². The van der Waals surface area contributed by atoms with Crippen LogP contribution in [0.15, 0.2) is 53.9 Å². The van der Waals surface area contributed by atoms with Gasteiger partial charge in [-0.1, -0.05) is 30.3 Å². The first-order valence-electron chi connectivity index (χ1n) is 9.24. The van der Waals surface area contributed by atoms with Crippen LogP contribution in [0.5, 0.6) is 5.75 Å². The monoisotopic (exact) mass is 378 g/mol. The van der Waals surface area contributed by atoms with Crippen molar-refractivity contribution in [3.63, 3.8) is 0 Å². The molecule has 5 heteroatoms. The van der Waals surface area contributed by atoms with E-state index >= 15 is 0 Å². The van der Waals surface area contributed by atoms with Crippen LogP contribution < -0.4 is 9.64 Å². The van der Waals surface area contributed by atoms with E-state index in [1.54, 1.807) is 11.3 Å². The molecule has 1 unspecified atom stereocenters. The van der Waals surface area contributed by atoms with Crippen LogP contribution in [0.3, 0.4) is 0 Å². The number of hydrogen-bond donors (Lipinski definition) is 0. The molecule has 4 nitrogen and oxygen atoms in total. The lowest BCUT2D eigenvalue weighted by molar-refractivity contribution is -0.118. The number of carbonyl (C=O) groups excluding carboxylic acids is 1. The summed E-state index contributed by atoms with van der Waals surface area (Å²) in [5, 5.41) is 2.86.